The summed E-state index contributed by atoms with van der Waals surface area (Å²) in [6.07, 6.45) is 0. The Labute approximate surface area is 62.8 Å². The van der Waals surface area contributed by atoms with Gasteiger partial charge in [-0.25, -0.2) is 0 Å². The van der Waals surface area contributed by atoms with Gasteiger partial charge in [0, 0.05) is 26.2 Å². The molecule has 0 aliphatic carbocycles. The van der Waals surface area contributed by atoms with Gasteiger partial charge in [-0.05, 0) is 7.05 Å². The second-order valence-corrected chi connectivity index (χ2v) is 2.05. The first-order valence-electron chi connectivity index (χ1n) is 2.79. The van der Waals surface area contributed by atoms with E-state index in [4.69, 9.17) is 0 Å². The number of rotatable bonds is 0. The molecule has 0 aromatic carbocycles. The molecule has 0 atom stereocenters. The number of likely N-dealkylation sites (N-methyl/N-ethyl adjacent to an activating group) is 1. The fourth-order valence-electron chi connectivity index (χ4n) is 0.777. The fraction of sp³-hybridized carbons (Fsp3) is 1.00. The van der Waals surface area contributed by atoms with Crippen molar-refractivity contribution in [3.63, 3.8) is 0 Å². The SMILES string of the molecule is CN1CCNCC1.[LiH]. The number of hydrogen-bond donors (Lipinski definition) is 1. The van der Waals surface area contributed by atoms with Crippen LogP contribution in [0.3, 0.4) is 0 Å². The van der Waals surface area contributed by atoms with Crippen molar-refractivity contribution in [3.8, 4) is 0 Å². The average molecular weight is 108 g/mol. The summed E-state index contributed by atoms with van der Waals surface area (Å²) in [6.45, 7) is 4.74. The normalized spacial score (nSPS) is 22.1. The summed E-state index contributed by atoms with van der Waals surface area (Å²) < 4.78 is 0. The second kappa shape index (κ2) is 4.40. The van der Waals surface area contributed by atoms with Gasteiger partial charge in [-0.3, -0.25) is 0 Å². The summed E-state index contributed by atoms with van der Waals surface area (Å²) in [4.78, 5) is 2.33. The van der Waals surface area contributed by atoms with Gasteiger partial charge in [0.1, 0.15) is 0 Å². The molecule has 0 aromatic rings. The molecule has 1 aliphatic rings. The van der Waals surface area contributed by atoms with Gasteiger partial charge in [0.2, 0.25) is 0 Å². The molecule has 1 saturated heterocycles. The van der Waals surface area contributed by atoms with Crippen LogP contribution in [0.25, 0.3) is 0 Å². The molecular weight excluding hydrogens is 95.0 g/mol. The van der Waals surface area contributed by atoms with E-state index in [0.717, 1.165) is 13.1 Å². The van der Waals surface area contributed by atoms with Crippen LogP contribution in [0, 0.1) is 0 Å². The Bertz CT molecular complexity index is 52.4. The molecule has 1 N–H and O–H groups in total. The molecule has 3 heteroatoms. The average Bonchev–Trinajstić information content (AvgIpc) is 1.69. The molecule has 1 aliphatic heterocycles. The maximum atomic E-state index is 3.27. The van der Waals surface area contributed by atoms with Crippen LogP contribution >= 0.6 is 0 Å². The van der Waals surface area contributed by atoms with Crippen LogP contribution in [0.1, 0.15) is 0 Å². The third-order valence-electron chi connectivity index (χ3n) is 1.34. The van der Waals surface area contributed by atoms with E-state index in [-0.39, 0.29) is 18.9 Å². The Morgan fingerprint density at radius 2 is 1.75 bits per heavy atom. The van der Waals surface area contributed by atoms with Crippen molar-refractivity contribution < 1.29 is 0 Å². The first kappa shape index (κ1) is 8.52. The summed E-state index contributed by atoms with van der Waals surface area (Å²) in [6, 6.07) is 0. The molecule has 44 valence electrons. The first-order valence-corrected chi connectivity index (χ1v) is 2.79. The molecule has 8 heavy (non-hydrogen) atoms. The Morgan fingerprint density at radius 1 is 1.25 bits per heavy atom. The van der Waals surface area contributed by atoms with E-state index in [2.05, 4.69) is 17.3 Å². The van der Waals surface area contributed by atoms with Gasteiger partial charge in [-0.1, -0.05) is 0 Å². The maximum absolute atomic E-state index is 3.27. The predicted octanol–water partition coefficient (Wildman–Crippen LogP) is -1.13. The Hall–Kier alpha value is 0.517. The molecule has 0 saturated carbocycles. The molecule has 0 radical (unpaired) electrons. The number of piperazine rings is 1. The van der Waals surface area contributed by atoms with Crippen molar-refractivity contribution in [3.05, 3.63) is 0 Å². The van der Waals surface area contributed by atoms with E-state index in [1.165, 1.54) is 13.1 Å². The van der Waals surface area contributed by atoms with Gasteiger partial charge < -0.3 is 10.2 Å². The number of hydrogen-bond acceptors (Lipinski definition) is 2. The molecule has 0 unspecified atom stereocenters. The molecule has 0 aromatic heterocycles. The van der Waals surface area contributed by atoms with E-state index in [9.17, 15) is 0 Å². The fourth-order valence-corrected chi connectivity index (χ4v) is 0.777. The third kappa shape index (κ3) is 2.73. The monoisotopic (exact) mass is 108 g/mol. The van der Waals surface area contributed by atoms with Crippen molar-refractivity contribution >= 4 is 18.9 Å². The molecule has 0 bridgehead atoms. The zero-order chi connectivity index (χ0) is 5.11. The van der Waals surface area contributed by atoms with Gasteiger partial charge in [-0.2, -0.15) is 0 Å². The molecular formula is C5H13LiN2. The topological polar surface area (TPSA) is 15.3 Å². The zero-order valence-electron chi connectivity index (χ0n) is 4.78. The van der Waals surface area contributed by atoms with Gasteiger partial charge >= 0.3 is 18.9 Å². The first-order chi connectivity index (χ1) is 3.39. The molecule has 1 heterocycles. The minimum atomic E-state index is 0. The Balaban J connectivity index is 0.000000490. The Morgan fingerprint density at radius 3 is 2.00 bits per heavy atom. The van der Waals surface area contributed by atoms with Gasteiger partial charge in [0.05, 0.1) is 0 Å². The van der Waals surface area contributed by atoms with Crippen LogP contribution < -0.4 is 5.32 Å². The van der Waals surface area contributed by atoms with Crippen LogP contribution in [-0.2, 0) is 0 Å². The standard InChI is InChI=1S/C5H12N2.Li.H/c1-7-4-2-6-3-5-7;;/h6H,2-5H2,1H3;;. The minimum absolute atomic E-state index is 0. The van der Waals surface area contributed by atoms with Crippen molar-refractivity contribution in [1.82, 2.24) is 10.2 Å². The number of nitrogens with zero attached hydrogens (tertiary/aromatic N) is 1. The van der Waals surface area contributed by atoms with E-state index in [1.54, 1.807) is 0 Å². The van der Waals surface area contributed by atoms with E-state index in [0.29, 0.717) is 0 Å². The van der Waals surface area contributed by atoms with Crippen molar-refractivity contribution in [1.29, 1.82) is 0 Å². The van der Waals surface area contributed by atoms with Crippen LogP contribution in [0.15, 0.2) is 0 Å². The third-order valence-corrected chi connectivity index (χ3v) is 1.34. The second-order valence-electron chi connectivity index (χ2n) is 2.05. The van der Waals surface area contributed by atoms with Crippen LogP contribution in [-0.4, -0.2) is 57.0 Å². The van der Waals surface area contributed by atoms with Gasteiger partial charge in [0.15, 0.2) is 0 Å². The van der Waals surface area contributed by atoms with Crippen molar-refractivity contribution in [2.24, 2.45) is 0 Å². The van der Waals surface area contributed by atoms with E-state index < -0.39 is 0 Å². The summed E-state index contributed by atoms with van der Waals surface area (Å²) >= 11 is 0. The molecule has 1 rings (SSSR count). The summed E-state index contributed by atoms with van der Waals surface area (Å²) in [5.41, 5.74) is 0. The van der Waals surface area contributed by atoms with Crippen LogP contribution in [0.5, 0.6) is 0 Å². The quantitative estimate of drug-likeness (QED) is 0.395. The predicted molar refractivity (Wildman–Crippen MR) is 37.5 cm³/mol. The zero-order valence-corrected chi connectivity index (χ0v) is 4.78. The molecule has 1 fully saturated rings. The van der Waals surface area contributed by atoms with Crippen LogP contribution in [0.4, 0.5) is 0 Å². The Kier molecular flexibility index (Phi) is 4.69. The van der Waals surface area contributed by atoms with Crippen molar-refractivity contribution in [2.45, 2.75) is 0 Å². The number of nitrogens with one attached hydrogen (secondary N) is 1. The molecule has 0 amide bonds. The van der Waals surface area contributed by atoms with Crippen LogP contribution in [0.2, 0.25) is 0 Å². The van der Waals surface area contributed by atoms with E-state index in [1.807, 2.05) is 0 Å². The summed E-state index contributed by atoms with van der Waals surface area (Å²) in [7, 11) is 2.15. The molecule has 0 spiro atoms. The van der Waals surface area contributed by atoms with Gasteiger partial charge in [-0.15, -0.1) is 0 Å². The summed E-state index contributed by atoms with van der Waals surface area (Å²) in [5, 5.41) is 3.27. The van der Waals surface area contributed by atoms with E-state index >= 15 is 0 Å². The molecule has 2 nitrogen and oxygen atoms in total. The summed E-state index contributed by atoms with van der Waals surface area (Å²) in [5.74, 6) is 0. The van der Waals surface area contributed by atoms with Gasteiger partial charge in [0.25, 0.3) is 0 Å². The van der Waals surface area contributed by atoms with Crippen molar-refractivity contribution in [2.75, 3.05) is 33.2 Å².